The number of halogens is 3. The van der Waals surface area contributed by atoms with E-state index in [-0.39, 0.29) is 5.91 Å². The highest BCUT2D eigenvalue weighted by atomic mass is 35.6. The molecule has 0 saturated carbocycles. The van der Waals surface area contributed by atoms with Crippen LogP contribution >= 0.6 is 34.8 Å². The maximum atomic E-state index is 11.7. The van der Waals surface area contributed by atoms with Crippen molar-refractivity contribution in [1.82, 2.24) is 5.32 Å². The zero-order chi connectivity index (χ0) is 12.4. The normalized spacial score (nSPS) is 15.3. The lowest BCUT2D eigenvalue weighted by Gasteiger charge is -2.30. The summed E-state index contributed by atoms with van der Waals surface area (Å²) >= 11 is 17.4. The Morgan fingerprint density at radius 1 is 1.20 bits per heavy atom. The average molecular weight is 277 g/mol. The molecule has 0 aromatic heterocycles. The van der Waals surface area contributed by atoms with Gasteiger partial charge < -0.3 is 10.2 Å². The molecule has 0 radical (unpaired) electrons. The minimum Gasteiger partial charge on any atom is -0.317 e. The van der Waals surface area contributed by atoms with Crippen LogP contribution in [0.4, 0.5) is 0 Å². The van der Waals surface area contributed by atoms with Gasteiger partial charge in [-0.15, -0.1) is 0 Å². The number of alkyl halides is 3. The zero-order valence-electron chi connectivity index (χ0n) is 9.62. The summed E-state index contributed by atoms with van der Waals surface area (Å²) in [5, 5.41) is 2.72. The maximum absolute atomic E-state index is 11.7. The molecule has 0 spiro atoms. The monoisotopic (exact) mass is 275 g/mol. The molecular weight excluding hydrogens is 258 g/mol. The summed E-state index contributed by atoms with van der Waals surface area (Å²) < 4.78 is -1.51. The quantitative estimate of drug-likeness (QED) is 0.572. The van der Waals surface area contributed by atoms with Crippen LogP contribution in [0.2, 0.25) is 0 Å². The molecule has 0 aromatic carbocycles. The number of rotatable bonds is 2. The van der Waals surface area contributed by atoms with E-state index in [1.165, 1.54) is 0 Å². The molecule has 1 amide bonds. The van der Waals surface area contributed by atoms with Crippen LogP contribution in [0, 0.1) is 5.41 Å². The molecule has 6 heteroatoms. The van der Waals surface area contributed by atoms with Crippen molar-refractivity contribution in [2.45, 2.75) is 30.7 Å². The number of amides is 1. The highest BCUT2D eigenvalue weighted by Gasteiger charge is 2.40. The predicted molar refractivity (Wildman–Crippen MR) is 64.5 cm³/mol. The van der Waals surface area contributed by atoms with Crippen LogP contribution in [0.15, 0.2) is 0 Å². The third-order valence-electron chi connectivity index (χ3n) is 1.86. The van der Waals surface area contributed by atoms with Crippen molar-refractivity contribution < 1.29 is 9.69 Å². The Hall–Kier alpha value is 0.300. The fraction of sp³-hybridized carbons (Fsp3) is 0.889. The van der Waals surface area contributed by atoms with Gasteiger partial charge in [-0.05, 0) is 0 Å². The smallest absolute Gasteiger partial charge is 0.262 e. The van der Waals surface area contributed by atoms with Gasteiger partial charge in [0.1, 0.15) is 0 Å². The van der Waals surface area contributed by atoms with E-state index in [0.717, 1.165) is 4.90 Å². The van der Waals surface area contributed by atoms with Crippen molar-refractivity contribution in [2.75, 3.05) is 14.1 Å². The average Bonchev–Trinajstić information content (AvgIpc) is 1.94. The Bertz CT molecular complexity index is 230. The van der Waals surface area contributed by atoms with E-state index in [4.69, 9.17) is 34.8 Å². The maximum Gasteiger partial charge on any atom is 0.262 e. The molecule has 0 unspecified atom stereocenters. The number of carbonyl (C=O) groups is 1. The molecule has 0 bridgehead atoms. The van der Waals surface area contributed by atoms with Crippen molar-refractivity contribution in [3.63, 3.8) is 0 Å². The van der Waals surface area contributed by atoms with Gasteiger partial charge >= 0.3 is 0 Å². The van der Waals surface area contributed by atoms with Crippen LogP contribution in [0.5, 0.6) is 0 Å². The van der Waals surface area contributed by atoms with Gasteiger partial charge in [0, 0.05) is 5.41 Å². The fourth-order valence-corrected chi connectivity index (χ4v) is 1.72. The van der Waals surface area contributed by atoms with Crippen molar-refractivity contribution in [1.29, 1.82) is 0 Å². The third kappa shape index (κ3) is 5.25. The molecule has 0 rings (SSSR count). The largest absolute Gasteiger partial charge is 0.317 e. The molecule has 0 aliphatic carbocycles. The van der Waals surface area contributed by atoms with Gasteiger partial charge in [-0.3, -0.25) is 4.79 Å². The summed E-state index contributed by atoms with van der Waals surface area (Å²) in [5.41, 5.74) is -0.496. The molecule has 0 aromatic rings. The molecule has 3 nitrogen and oxygen atoms in total. The lowest BCUT2D eigenvalue weighted by atomic mass is 9.95. The lowest BCUT2D eigenvalue weighted by molar-refractivity contribution is -0.887. The Balaban J connectivity index is 4.66. The number of carbonyl (C=O) groups excluding carboxylic acids is 1. The van der Waals surface area contributed by atoms with Gasteiger partial charge in [-0.25, -0.2) is 0 Å². The first-order valence-corrected chi connectivity index (χ1v) is 5.77. The molecule has 15 heavy (non-hydrogen) atoms. The van der Waals surface area contributed by atoms with Crippen LogP contribution in [0.1, 0.15) is 20.8 Å². The summed E-state index contributed by atoms with van der Waals surface area (Å²) in [4.78, 5) is 12.6. The first-order valence-electron chi connectivity index (χ1n) is 4.64. The molecule has 90 valence electrons. The molecule has 0 aliphatic rings. The SMILES string of the molecule is C[NH+](C)[C@@H](NC(=O)C(C)(C)C)C(Cl)(Cl)Cl. The topological polar surface area (TPSA) is 33.5 Å². The number of hydrogen-bond donors (Lipinski definition) is 2. The van der Waals surface area contributed by atoms with Crippen LogP contribution in [0.25, 0.3) is 0 Å². The van der Waals surface area contributed by atoms with Gasteiger partial charge in [0.25, 0.3) is 3.79 Å². The molecular formula is C9H18Cl3N2O+. The van der Waals surface area contributed by atoms with Crippen LogP contribution < -0.4 is 10.2 Å². The number of hydrogen-bond acceptors (Lipinski definition) is 1. The van der Waals surface area contributed by atoms with Gasteiger partial charge in [0.05, 0.1) is 14.1 Å². The summed E-state index contributed by atoms with van der Waals surface area (Å²) in [6.45, 7) is 5.42. The molecule has 0 fully saturated rings. The molecule has 0 heterocycles. The predicted octanol–water partition coefficient (Wildman–Crippen LogP) is 0.989. The van der Waals surface area contributed by atoms with E-state index in [0.29, 0.717) is 0 Å². The second-order valence-electron chi connectivity index (χ2n) is 4.78. The van der Waals surface area contributed by atoms with Crippen LogP contribution in [-0.4, -0.2) is 30.0 Å². The van der Waals surface area contributed by atoms with Crippen LogP contribution in [0.3, 0.4) is 0 Å². The Labute approximate surface area is 106 Å². The lowest BCUT2D eigenvalue weighted by Crippen LogP contribution is -3.14. The second kappa shape index (κ2) is 5.09. The van der Waals surface area contributed by atoms with Crippen molar-refractivity contribution in [2.24, 2.45) is 5.41 Å². The van der Waals surface area contributed by atoms with Crippen LogP contribution in [-0.2, 0) is 4.79 Å². The summed E-state index contributed by atoms with van der Waals surface area (Å²) in [7, 11) is 3.63. The Kier molecular flexibility index (Phi) is 5.19. The van der Waals surface area contributed by atoms with E-state index < -0.39 is 15.4 Å². The standard InChI is InChI=1S/C9H17Cl3N2O/c1-8(2,3)7(15)13-6(14(4)5)9(10,11)12/h6H,1-5H3,(H,13,15)/p+1/t6-/m1/s1. The number of quaternary nitrogens is 1. The summed E-state index contributed by atoms with van der Waals surface area (Å²) in [6, 6.07) is 0. The Morgan fingerprint density at radius 2 is 1.60 bits per heavy atom. The van der Waals surface area contributed by atoms with E-state index in [9.17, 15) is 4.79 Å². The van der Waals surface area contributed by atoms with Gasteiger partial charge in [-0.1, -0.05) is 55.6 Å². The van der Waals surface area contributed by atoms with Crippen molar-refractivity contribution in [3.8, 4) is 0 Å². The van der Waals surface area contributed by atoms with Crippen molar-refractivity contribution >= 4 is 40.7 Å². The fourth-order valence-electron chi connectivity index (χ4n) is 0.901. The minimum atomic E-state index is -1.51. The molecule has 0 saturated heterocycles. The first kappa shape index (κ1) is 15.3. The zero-order valence-corrected chi connectivity index (χ0v) is 11.9. The highest BCUT2D eigenvalue weighted by molar-refractivity contribution is 6.68. The number of nitrogens with one attached hydrogen (secondary N) is 2. The van der Waals surface area contributed by atoms with Gasteiger partial charge in [0.2, 0.25) is 12.1 Å². The van der Waals surface area contributed by atoms with E-state index in [1.54, 1.807) is 0 Å². The van der Waals surface area contributed by atoms with Crippen molar-refractivity contribution in [3.05, 3.63) is 0 Å². The third-order valence-corrected chi connectivity index (χ3v) is 2.52. The van der Waals surface area contributed by atoms with Gasteiger partial charge in [0.15, 0.2) is 0 Å². The van der Waals surface area contributed by atoms with E-state index in [2.05, 4.69) is 5.32 Å². The molecule has 2 N–H and O–H groups in total. The van der Waals surface area contributed by atoms with E-state index in [1.807, 2.05) is 34.9 Å². The molecule has 0 aliphatic heterocycles. The van der Waals surface area contributed by atoms with E-state index >= 15 is 0 Å². The minimum absolute atomic E-state index is 0.139. The second-order valence-corrected chi connectivity index (χ2v) is 7.14. The Morgan fingerprint density at radius 3 is 1.80 bits per heavy atom. The highest BCUT2D eigenvalue weighted by Crippen LogP contribution is 2.28. The summed E-state index contributed by atoms with van der Waals surface area (Å²) in [6.07, 6.45) is -0.561. The molecule has 1 atom stereocenters. The summed E-state index contributed by atoms with van der Waals surface area (Å²) in [5.74, 6) is -0.139. The van der Waals surface area contributed by atoms with Gasteiger partial charge in [-0.2, -0.15) is 0 Å². The first-order chi connectivity index (χ1) is 6.46.